The van der Waals surface area contributed by atoms with Crippen LogP contribution in [0.3, 0.4) is 0 Å². The van der Waals surface area contributed by atoms with E-state index in [1.807, 2.05) is 6.07 Å². The highest BCUT2D eigenvalue weighted by atomic mass is 15.0. The van der Waals surface area contributed by atoms with Crippen LogP contribution in [0.2, 0.25) is 0 Å². The van der Waals surface area contributed by atoms with Crippen molar-refractivity contribution < 1.29 is 0 Å². The molecule has 0 bridgehead atoms. The van der Waals surface area contributed by atoms with Crippen LogP contribution in [0.4, 0.5) is 0 Å². The van der Waals surface area contributed by atoms with Crippen molar-refractivity contribution in [1.29, 1.82) is 5.26 Å². The Kier molecular flexibility index (Phi) is 2.61. The van der Waals surface area contributed by atoms with Crippen LogP contribution in [-0.4, -0.2) is 17.7 Å². The van der Waals surface area contributed by atoms with Gasteiger partial charge in [-0.25, -0.2) is 0 Å². The molecule has 18 heavy (non-hydrogen) atoms. The molecular weight excluding hydrogens is 222 g/mol. The van der Waals surface area contributed by atoms with Gasteiger partial charge in [-0.05, 0) is 37.1 Å². The van der Waals surface area contributed by atoms with Crippen molar-refractivity contribution in [1.82, 2.24) is 9.88 Å². The van der Waals surface area contributed by atoms with Gasteiger partial charge in [0.15, 0.2) is 0 Å². The predicted molar refractivity (Wildman–Crippen MR) is 72.5 cm³/mol. The topological polar surface area (TPSA) is 40.8 Å². The Bertz CT molecular complexity index is 642. The lowest BCUT2D eigenvalue weighted by molar-refractivity contribution is 0.309. The summed E-state index contributed by atoms with van der Waals surface area (Å²) in [7, 11) is 0. The Morgan fingerprint density at radius 1 is 1.39 bits per heavy atom. The van der Waals surface area contributed by atoms with Gasteiger partial charge in [0.25, 0.3) is 0 Å². The second kappa shape index (κ2) is 4.15. The number of nitrogens with one attached hydrogen (secondary N) is 1. The molecule has 1 aromatic heterocycles. The van der Waals surface area contributed by atoms with Crippen molar-refractivity contribution in [2.24, 2.45) is 5.92 Å². The molecule has 1 aromatic carbocycles. The quantitative estimate of drug-likeness (QED) is 0.874. The smallest absolute Gasteiger partial charge is 0.121 e. The highest BCUT2D eigenvalue weighted by Gasteiger charge is 2.20. The monoisotopic (exact) mass is 239 g/mol. The lowest BCUT2D eigenvalue weighted by atomic mass is 10.0. The summed E-state index contributed by atoms with van der Waals surface area (Å²) in [5.74, 6) is 0.661. The van der Waals surface area contributed by atoms with Crippen LogP contribution in [0.25, 0.3) is 10.9 Å². The van der Waals surface area contributed by atoms with Crippen LogP contribution >= 0.6 is 0 Å². The molecule has 1 aliphatic heterocycles. The normalized spacial score (nSPS) is 15.6. The van der Waals surface area contributed by atoms with Gasteiger partial charge < -0.3 is 9.88 Å². The fourth-order valence-corrected chi connectivity index (χ4v) is 2.61. The zero-order chi connectivity index (χ0) is 12.7. The fourth-order valence-electron chi connectivity index (χ4n) is 2.61. The minimum atomic E-state index is 0.661. The van der Waals surface area contributed by atoms with E-state index in [1.54, 1.807) is 0 Å². The fraction of sp³-hybridized carbons (Fsp3) is 0.400. The Morgan fingerprint density at radius 2 is 2.17 bits per heavy atom. The third kappa shape index (κ3) is 1.61. The Balaban J connectivity index is 2.16. The second-order valence-corrected chi connectivity index (χ2v) is 5.22. The molecule has 1 fully saturated rings. The van der Waals surface area contributed by atoms with E-state index in [4.69, 9.17) is 0 Å². The molecule has 0 amide bonds. The molecule has 1 aliphatic rings. The number of nitrogens with zero attached hydrogens (tertiary/aromatic N) is 2. The van der Waals surface area contributed by atoms with Gasteiger partial charge in [0, 0.05) is 36.5 Å². The highest BCUT2D eigenvalue weighted by molar-refractivity contribution is 5.86. The van der Waals surface area contributed by atoms with Crippen LogP contribution in [0.1, 0.15) is 16.8 Å². The molecule has 0 aliphatic carbocycles. The van der Waals surface area contributed by atoms with Gasteiger partial charge in [-0.1, -0.05) is 6.07 Å². The molecule has 0 unspecified atom stereocenters. The maximum Gasteiger partial charge on any atom is 0.121 e. The van der Waals surface area contributed by atoms with Crippen LogP contribution < -0.4 is 5.32 Å². The van der Waals surface area contributed by atoms with E-state index < -0.39 is 0 Å². The molecule has 0 radical (unpaired) electrons. The van der Waals surface area contributed by atoms with E-state index in [-0.39, 0.29) is 0 Å². The van der Waals surface area contributed by atoms with Gasteiger partial charge in [0.05, 0.1) is 0 Å². The number of nitriles is 1. The van der Waals surface area contributed by atoms with E-state index >= 15 is 0 Å². The van der Waals surface area contributed by atoms with Crippen LogP contribution in [0, 0.1) is 31.1 Å². The lowest BCUT2D eigenvalue weighted by Crippen LogP contribution is -2.44. The zero-order valence-corrected chi connectivity index (χ0v) is 10.8. The molecule has 0 saturated carbocycles. The van der Waals surface area contributed by atoms with Gasteiger partial charge in [0.1, 0.15) is 11.8 Å². The first-order chi connectivity index (χ1) is 8.70. The van der Waals surface area contributed by atoms with Crippen molar-refractivity contribution in [2.45, 2.75) is 20.4 Å². The maximum atomic E-state index is 9.30. The zero-order valence-electron chi connectivity index (χ0n) is 10.8. The third-order valence-electron chi connectivity index (χ3n) is 4.05. The molecular formula is C15H17N3. The van der Waals surface area contributed by atoms with Crippen molar-refractivity contribution in [3.8, 4) is 6.07 Å². The number of aryl methyl sites for hydroxylation is 2. The lowest BCUT2D eigenvalue weighted by Gasteiger charge is -2.28. The van der Waals surface area contributed by atoms with E-state index in [0.717, 1.165) is 25.3 Å². The summed E-state index contributed by atoms with van der Waals surface area (Å²) in [5, 5.41) is 13.8. The summed E-state index contributed by atoms with van der Waals surface area (Å²) in [5.41, 5.74) is 4.55. The van der Waals surface area contributed by atoms with Crippen LogP contribution in [0.5, 0.6) is 0 Å². The maximum absolute atomic E-state index is 9.30. The third-order valence-corrected chi connectivity index (χ3v) is 4.05. The van der Waals surface area contributed by atoms with Crippen molar-refractivity contribution in [2.75, 3.05) is 13.1 Å². The van der Waals surface area contributed by atoms with E-state index in [9.17, 15) is 5.26 Å². The first-order valence-electron chi connectivity index (χ1n) is 6.41. The molecule has 3 nitrogen and oxygen atoms in total. The van der Waals surface area contributed by atoms with Crippen LogP contribution in [-0.2, 0) is 6.54 Å². The average molecular weight is 239 g/mol. The molecule has 0 spiro atoms. The summed E-state index contributed by atoms with van der Waals surface area (Å²) in [6.07, 6.45) is 0. The van der Waals surface area contributed by atoms with Crippen molar-refractivity contribution in [3.05, 3.63) is 35.0 Å². The molecule has 92 valence electrons. The van der Waals surface area contributed by atoms with E-state index in [2.05, 4.69) is 41.9 Å². The molecule has 0 atom stereocenters. The second-order valence-electron chi connectivity index (χ2n) is 5.22. The largest absolute Gasteiger partial charge is 0.332 e. The van der Waals surface area contributed by atoms with Gasteiger partial charge in [0.2, 0.25) is 0 Å². The molecule has 3 rings (SSSR count). The molecule has 1 N–H and O–H groups in total. The summed E-state index contributed by atoms with van der Waals surface area (Å²) in [6.45, 7) is 7.33. The van der Waals surface area contributed by atoms with Crippen molar-refractivity contribution in [3.63, 3.8) is 0 Å². The molecule has 3 heteroatoms. The van der Waals surface area contributed by atoms with Gasteiger partial charge in [-0.15, -0.1) is 0 Å². The molecule has 2 heterocycles. The Hall–Kier alpha value is -1.79. The number of hydrogen-bond acceptors (Lipinski definition) is 2. The number of hydrogen-bond donors (Lipinski definition) is 1. The average Bonchev–Trinajstić information content (AvgIpc) is 2.67. The SMILES string of the molecule is Cc1ccc2c(cc(C#N)n2CC2CNC2)c1C. The standard InChI is InChI=1S/C15H17N3/c1-10-3-4-15-14(11(10)2)5-13(6-16)18(15)9-12-7-17-8-12/h3-5,12,17H,7-9H2,1-2H3. The van der Waals surface area contributed by atoms with E-state index in [0.29, 0.717) is 5.92 Å². The Morgan fingerprint density at radius 3 is 2.78 bits per heavy atom. The Labute approximate surface area is 107 Å². The van der Waals surface area contributed by atoms with E-state index in [1.165, 1.54) is 22.0 Å². The molecule has 1 saturated heterocycles. The molecule has 2 aromatic rings. The number of benzene rings is 1. The van der Waals surface area contributed by atoms with Gasteiger partial charge in [-0.2, -0.15) is 5.26 Å². The highest BCUT2D eigenvalue weighted by Crippen LogP contribution is 2.26. The summed E-state index contributed by atoms with van der Waals surface area (Å²) in [4.78, 5) is 0. The van der Waals surface area contributed by atoms with Crippen LogP contribution in [0.15, 0.2) is 18.2 Å². The summed E-state index contributed by atoms with van der Waals surface area (Å²) < 4.78 is 2.17. The number of rotatable bonds is 2. The number of fused-ring (bicyclic) bond motifs is 1. The van der Waals surface area contributed by atoms with Gasteiger partial charge in [-0.3, -0.25) is 0 Å². The summed E-state index contributed by atoms with van der Waals surface area (Å²) >= 11 is 0. The minimum absolute atomic E-state index is 0.661. The minimum Gasteiger partial charge on any atom is -0.332 e. The number of aromatic nitrogens is 1. The first kappa shape index (κ1) is 11.3. The predicted octanol–water partition coefficient (Wildman–Crippen LogP) is 2.35. The van der Waals surface area contributed by atoms with Gasteiger partial charge >= 0.3 is 0 Å². The first-order valence-corrected chi connectivity index (χ1v) is 6.41. The van der Waals surface area contributed by atoms with Crippen molar-refractivity contribution >= 4 is 10.9 Å². The summed E-state index contributed by atoms with van der Waals surface area (Å²) in [6, 6.07) is 8.65.